The van der Waals surface area contributed by atoms with Gasteiger partial charge in [0.25, 0.3) is 5.92 Å². The van der Waals surface area contributed by atoms with E-state index in [2.05, 4.69) is 4.99 Å². The first-order chi connectivity index (χ1) is 9.92. The molecule has 0 spiro atoms. The normalized spacial score (nSPS) is 21.5. The van der Waals surface area contributed by atoms with Crippen molar-refractivity contribution in [2.75, 3.05) is 13.1 Å². The molecule has 0 aromatic heterocycles. The quantitative estimate of drug-likeness (QED) is 0.575. The number of rotatable bonds is 4. The van der Waals surface area contributed by atoms with E-state index in [0.717, 1.165) is 10.5 Å². The Balaban J connectivity index is 2.04. The maximum absolute atomic E-state index is 13.9. The molecular formula is C14H19F2N5. The SMILES string of the molecule is N=C(N)N1CCC(F)(F)C1C(N)=NCCc1ccccc1. The summed E-state index contributed by atoms with van der Waals surface area (Å²) in [6.07, 6.45) is 0.256. The van der Waals surface area contributed by atoms with Gasteiger partial charge in [-0.1, -0.05) is 30.3 Å². The number of benzene rings is 1. The van der Waals surface area contributed by atoms with E-state index in [-0.39, 0.29) is 18.8 Å². The van der Waals surface area contributed by atoms with Gasteiger partial charge in [-0.2, -0.15) is 0 Å². The van der Waals surface area contributed by atoms with Crippen molar-refractivity contribution in [2.45, 2.75) is 24.8 Å². The molecule has 1 unspecified atom stereocenters. The molecule has 0 aliphatic carbocycles. The maximum atomic E-state index is 13.9. The van der Waals surface area contributed by atoms with Gasteiger partial charge in [0.05, 0.1) is 0 Å². The first-order valence-electron chi connectivity index (χ1n) is 6.74. The van der Waals surface area contributed by atoms with Crippen LogP contribution in [0.3, 0.4) is 0 Å². The summed E-state index contributed by atoms with van der Waals surface area (Å²) in [5.74, 6) is -3.58. The summed E-state index contributed by atoms with van der Waals surface area (Å²) in [4.78, 5) is 5.15. The van der Waals surface area contributed by atoms with Gasteiger partial charge < -0.3 is 16.4 Å². The van der Waals surface area contributed by atoms with E-state index in [1.807, 2.05) is 30.3 Å². The summed E-state index contributed by atoms with van der Waals surface area (Å²) in [6, 6.07) is 8.20. The number of nitrogens with one attached hydrogen (secondary N) is 1. The zero-order valence-corrected chi connectivity index (χ0v) is 11.6. The highest BCUT2D eigenvalue weighted by atomic mass is 19.3. The van der Waals surface area contributed by atoms with Gasteiger partial charge in [0.15, 0.2) is 12.0 Å². The molecule has 114 valence electrons. The molecule has 5 nitrogen and oxygen atoms in total. The monoisotopic (exact) mass is 295 g/mol. The fourth-order valence-electron chi connectivity index (χ4n) is 2.44. The smallest absolute Gasteiger partial charge is 0.276 e. The van der Waals surface area contributed by atoms with E-state index in [4.69, 9.17) is 16.9 Å². The Labute approximate surface area is 122 Å². The lowest BCUT2D eigenvalue weighted by molar-refractivity contribution is -0.00153. The molecular weight excluding hydrogens is 276 g/mol. The van der Waals surface area contributed by atoms with E-state index in [1.165, 1.54) is 0 Å². The molecule has 1 aromatic carbocycles. The van der Waals surface area contributed by atoms with Crippen molar-refractivity contribution in [3.63, 3.8) is 0 Å². The summed E-state index contributed by atoms with van der Waals surface area (Å²) in [5, 5.41) is 7.36. The molecule has 0 saturated carbocycles. The van der Waals surface area contributed by atoms with Crippen LogP contribution in [0.5, 0.6) is 0 Å². The fraction of sp³-hybridized carbons (Fsp3) is 0.429. The Morgan fingerprint density at radius 3 is 2.62 bits per heavy atom. The van der Waals surface area contributed by atoms with Crippen molar-refractivity contribution in [1.29, 1.82) is 5.41 Å². The Morgan fingerprint density at radius 1 is 1.33 bits per heavy atom. The molecule has 0 amide bonds. The van der Waals surface area contributed by atoms with Crippen molar-refractivity contribution in [3.05, 3.63) is 35.9 Å². The highest BCUT2D eigenvalue weighted by Gasteiger charge is 2.51. The second-order valence-electron chi connectivity index (χ2n) is 5.03. The maximum Gasteiger partial charge on any atom is 0.276 e. The van der Waals surface area contributed by atoms with Crippen molar-refractivity contribution in [1.82, 2.24) is 4.90 Å². The molecule has 0 radical (unpaired) electrons. The molecule has 1 aliphatic heterocycles. The van der Waals surface area contributed by atoms with Crippen LogP contribution in [0.25, 0.3) is 0 Å². The zero-order chi connectivity index (χ0) is 15.5. The van der Waals surface area contributed by atoms with E-state index < -0.39 is 17.9 Å². The number of guanidine groups is 1. The van der Waals surface area contributed by atoms with Crippen LogP contribution in [0.1, 0.15) is 12.0 Å². The summed E-state index contributed by atoms with van der Waals surface area (Å²) in [5.41, 5.74) is 12.1. The minimum absolute atomic E-state index is 0.0158. The number of alkyl halides is 2. The molecule has 1 atom stereocenters. The highest BCUT2D eigenvalue weighted by Crippen LogP contribution is 2.33. The number of aliphatic imine (C=N–C) groups is 1. The molecule has 5 N–H and O–H groups in total. The van der Waals surface area contributed by atoms with Crippen LogP contribution in [-0.4, -0.2) is 41.7 Å². The largest absolute Gasteiger partial charge is 0.386 e. The van der Waals surface area contributed by atoms with Crippen LogP contribution in [0, 0.1) is 5.41 Å². The molecule has 0 bridgehead atoms. The van der Waals surface area contributed by atoms with Gasteiger partial charge in [0, 0.05) is 19.5 Å². The summed E-state index contributed by atoms with van der Waals surface area (Å²) < 4.78 is 27.7. The van der Waals surface area contributed by atoms with Gasteiger partial charge in [0.1, 0.15) is 5.84 Å². The van der Waals surface area contributed by atoms with E-state index >= 15 is 0 Å². The minimum Gasteiger partial charge on any atom is -0.386 e. The number of nitrogens with zero attached hydrogens (tertiary/aromatic N) is 2. The van der Waals surface area contributed by atoms with Gasteiger partial charge in [-0.05, 0) is 12.0 Å². The number of halogens is 2. The third-order valence-corrected chi connectivity index (χ3v) is 3.53. The number of likely N-dealkylation sites (tertiary alicyclic amines) is 1. The zero-order valence-electron chi connectivity index (χ0n) is 11.6. The lowest BCUT2D eigenvalue weighted by Crippen LogP contribution is -2.52. The number of nitrogens with two attached hydrogens (primary N) is 2. The Hall–Kier alpha value is -2.18. The average molecular weight is 295 g/mol. The second-order valence-corrected chi connectivity index (χ2v) is 5.03. The molecule has 1 fully saturated rings. The lowest BCUT2D eigenvalue weighted by atomic mass is 10.1. The van der Waals surface area contributed by atoms with Crippen LogP contribution in [0.15, 0.2) is 35.3 Å². The molecule has 1 saturated heterocycles. The standard InChI is InChI=1S/C14H19F2N5/c15-14(16)7-9-21(13(18)19)11(14)12(17)20-8-6-10-4-2-1-3-5-10/h1-5,11H,6-9H2,(H2,17,20)(H3,18,19). The molecule has 2 rings (SSSR count). The molecule has 21 heavy (non-hydrogen) atoms. The van der Waals surface area contributed by atoms with Crippen LogP contribution < -0.4 is 11.5 Å². The third-order valence-electron chi connectivity index (χ3n) is 3.53. The van der Waals surface area contributed by atoms with Crippen molar-refractivity contribution in [3.8, 4) is 0 Å². The summed E-state index contributed by atoms with van der Waals surface area (Å²) >= 11 is 0. The second kappa shape index (κ2) is 6.07. The van der Waals surface area contributed by atoms with Gasteiger partial charge in [-0.3, -0.25) is 10.4 Å². The van der Waals surface area contributed by atoms with E-state index in [9.17, 15) is 8.78 Å². The van der Waals surface area contributed by atoms with Crippen LogP contribution in [0.2, 0.25) is 0 Å². The van der Waals surface area contributed by atoms with Crippen LogP contribution >= 0.6 is 0 Å². The van der Waals surface area contributed by atoms with E-state index in [0.29, 0.717) is 13.0 Å². The number of hydrogen-bond acceptors (Lipinski definition) is 2. The molecule has 1 aliphatic rings. The molecule has 1 aromatic rings. The Bertz CT molecular complexity index is 529. The number of amidine groups is 1. The highest BCUT2D eigenvalue weighted by molar-refractivity contribution is 5.91. The van der Waals surface area contributed by atoms with Crippen LogP contribution in [0.4, 0.5) is 8.78 Å². The summed E-state index contributed by atoms with van der Waals surface area (Å²) in [6.45, 7) is 0.343. The fourth-order valence-corrected chi connectivity index (χ4v) is 2.44. The Morgan fingerprint density at radius 2 is 2.00 bits per heavy atom. The minimum atomic E-state index is -3.01. The van der Waals surface area contributed by atoms with Gasteiger partial charge in [-0.15, -0.1) is 0 Å². The third kappa shape index (κ3) is 3.48. The molecule has 7 heteroatoms. The average Bonchev–Trinajstić information content (AvgIpc) is 2.75. The predicted octanol–water partition coefficient (Wildman–Crippen LogP) is 1.19. The van der Waals surface area contributed by atoms with Crippen molar-refractivity contribution in [2.24, 2.45) is 16.5 Å². The first kappa shape index (κ1) is 15.2. The Kier molecular flexibility index (Phi) is 4.40. The van der Waals surface area contributed by atoms with Gasteiger partial charge in [0.2, 0.25) is 0 Å². The summed E-state index contributed by atoms with van der Waals surface area (Å²) in [7, 11) is 0. The lowest BCUT2D eigenvalue weighted by Gasteiger charge is -2.27. The van der Waals surface area contributed by atoms with Crippen molar-refractivity contribution >= 4 is 11.8 Å². The van der Waals surface area contributed by atoms with Crippen molar-refractivity contribution < 1.29 is 8.78 Å². The predicted molar refractivity (Wildman–Crippen MR) is 78.6 cm³/mol. The topological polar surface area (TPSA) is 91.5 Å². The van der Waals surface area contributed by atoms with Crippen LogP contribution in [-0.2, 0) is 6.42 Å². The van der Waals surface area contributed by atoms with Gasteiger partial charge >= 0.3 is 0 Å². The number of hydrogen-bond donors (Lipinski definition) is 3. The van der Waals surface area contributed by atoms with E-state index in [1.54, 1.807) is 0 Å². The van der Waals surface area contributed by atoms with Gasteiger partial charge in [-0.25, -0.2) is 8.78 Å². The molecule has 1 heterocycles. The first-order valence-corrected chi connectivity index (χ1v) is 6.74.